The average Bonchev–Trinajstić information content (AvgIpc) is 3.66. The van der Waals surface area contributed by atoms with Crippen LogP contribution in [0.25, 0.3) is 44.4 Å². The first kappa shape index (κ1) is 33.0. The fourth-order valence-corrected chi connectivity index (χ4v) is 6.66. The van der Waals surface area contributed by atoms with Gasteiger partial charge in [0.05, 0.1) is 6.20 Å². The topological polar surface area (TPSA) is 51.4 Å². The molecule has 48 heavy (non-hydrogen) atoms. The van der Waals surface area contributed by atoms with Crippen LogP contribution in [0.4, 0.5) is 11.4 Å². The molecule has 0 N–H and O–H groups in total. The molecule has 0 spiro atoms. The van der Waals surface area contributed by atoms with E-state index in [2.05, 4.69) is 130 Å². The van der Waals surface area contributed by atoms with Gasteiger partial charge in [0.2, 0.25) is 0 Å². The van der Waals surface area contributed by atoms with Crippen LogP contribution < -0.4 is 14.5 Å². The van der Waals surface area contributed by atoms with Crippen molar-refractivity contribution < 1.29 is 25.8 Å². The van der Waals surface area contributed by atoms with Crippen LogP contribution in [0.5, 0.6) is 11.5 Å². The van der Waals surface area contributed by atoms with E-state index in [4.69, 9.17) is 9.84 Å². The number of aryl methyl sites for hydroxylation is 1. The number of hydrogen-bond acceptors (Lipinski definition) is 5. The number of para-hydroxylation sites is 1. The standard InChI is InChI=1S/C40H38N6O.Pt/c1-25-18-19-41-37(20-25)46-35-15-10-9-14-33(35)34-17-16-32(22-36(34)46)47-31-13-11-12-30(21-31)45-24-29(23-42-45)38-39(43(5)6)27(3)26(2)28(4)40(38)44(7)8;/h9-20,23-24H,1-8H3;/q-2;+2. The summed E-state index contributed by atoms with van der Waals surface area (Å²) in [5.41, 5.74) is 12.4. The SMILES string of the molecule is Cc1ccnc(-n2c3[c-]c(Oc4[c-]c(-n5cc(-c6c(N(C)C)c(C)c(C)c(C)c6N(C)C)cn5)ccc4)ccc3c3ccccc32)c1.[Pt+2]. The second kappa shape index (κ2) is 13.0. The molecule has 0 amide bonds. The van der Waals surface area contributed by atoms with Gasteiger partial charge >= 0.3 is 21.1 Å². The van der Waals surface area contributed by atoms with Crippen molar-refractivity contribution in [2.24, 2.45) is 0 Å². The van der Waals surface area contributed by atoms with Crippen LogP contribution in [0.2, 0.25) is 0 Å². The number of benzene rings is 4. The van der Waals surface area contributed by atoms with E-state index in [1.807, 2.05) is 47.4 Å². The van der Waals surface area contributed by atoms with E-state index in [-0.39, 0.29) is 21.1 Å². The zero-order valence-electron chi connectivity index (χ0n) is 28.5. The molecule has 244 valence electrons. The third-order valence-corrected chi connectivity index (χ3v) is 8.98. The first-order valence-electron chi connectivity index (χ1n) is 15.7. The third-order valence-electron chi connectivity index (χ3n) is 8.98. The third kappa shape index (κ3) is 5.66. The van der Waals surface area contributed by atoms with Crippen LogP contribution in [0, 0.1) is 39.8 Å². The van der Waals surface area contributed by atoms with Gasteiger partial charge in [-0.3, -0.25) is 4.68 Å². The summed E-state index contributed by atoms with van der Waals surface area (Å²) in [5, 5.41) is 7.02. The fourth-order valence-electron chi connectivity index (χ4n) is 6.66. The number of anilines is 2. The molecule has 0 fully saturated rings. The molecule has 0 saturated carbocycles. The number of rotatable bonds is 7. The maximum absolute atomic E-state index is 6.40. The van der Waals surface area contributed by atoms with Crippen molar-refractivity contribution >= 4 is 33.2 Å². The maximum Gasteiger partial charge on any atom is 2.00 e. The number of pyridine rings is 1. The molecule has 0 aliphatic carbocycles. The Morgan fingerprint density at radius 1 is 0.729 bits per heavy atom. The minimum Gasteiger partial charge on any atom is -0.509 e. The Labute approximate surface area is 296 Å². The van der Waals surface area contributed by atoms with Gasteiger partial charge in [-0.05, 0) is 79.2 Å². The molecule has 0 aliphatic rings. The van der Waals surface area contributed by atoms with Gasteiger partial charge in [0.1, 0.15) is 5.82 Å². The molecule has 4 aromatic carbocycles. The molecule has 0 saturated heterocycles. The summed E-state index contributed by atoms with van der Waals surface area (Å²) in [4.78, 5) is 9.09. The van der Waals surface area contributed by atoms with Crippen LogP contribution in [0.3, 0.4) is 0 Å². The Morgan fingerprint density at radius 2 is 1.44 bits per heavy atom. The number of hydrogen-bond donors (Lipinski definition) is 0. The summed E-state index contributed by atoms with van der Waals surface area (Å²) in [5.74, 6) is 2.03. The Hall–Kier alpha value is -4.87. The minimum atomic E-state index is 0. The van der Waals surface area contributed by atoms with Gasteiger partial charge in [-0.15, -0.1) is 35.7 Å². The minimum absolute atomic E-state index is 0. The number of ether oxygens (including phenoxy) is 1. The maximum atomic E-state index is 6.40. The summed E-state index contributed by atoms with van der Waals surface area (Å²) in [6.07, 6.45) is 5.85. The van der Waals surface area contributed by atoms with Crippen LogP contribution in [0.15, 0.2) is 85.3 Å². The van der Waals surface area contributed by atoms with E-state index in [0.29, 0.717) is 11.5 Å². The predicted octanol–water partition coefficient (Wildman–Crippen LogP) is 8.79. The monoisotopic (exact) mass is 813 g/mol. The molecule has 0 radical (unpaired) electrons. The smallest absolute Gasteiger partial charge is 0.509 e. The van der Waals surface area contributed by atoms with Crippen molar-refractivity contribution in [2.75, 3.05) is 38.0 Å². The summed E-state index contributed by atoms with van der Waals surface area (Å²) >= 11 is 0. The molecule has 0 atom stereocenters. The van der Waals surface area contributed by atoms with E-state index in [0.717, 1.165) is 44.4 Å². The number of aromatic nitrogens is 4. The predicted molar refractivity (Wildman–Crippen MR) is 193 cm³/mol. The summed E-state index contributed by atoms with van der Waals surface area (Å²) < 4.78 is 10.4. The quantitative estimate of drug-likeness (QED) is 0.151. The fraction of sp³-hybridized carbons (Fsp3) is 0.200. The van der Waals surface area contributed by atoms with Crippen molar-refractivity contribution in [1.82, 2.24) is 19.3 Å². The van der Waals surface area contributed by atoms with E-state index in [1.54, 1.807) is 0 Å². The van der Waals surface area contributed by atoms with Crippen LogP contribution in [-0.2, 0) is 21.1 Å². The summed E-state index contributed by atoms with van der Waals surface area (Å²) in [6.45, 7) is 8.68. The van der Waals surface area contributed by atoms with Gasteiger partial charge in [0.25, 0.3) is 0 Å². The van der Waals surface area contributed by atoms with Crippen molar-refractivity contribution in [2.45, 2.75) is 27.7 Å². The molecule has 7 rings (SSSR count). The van der Waals surface area contributed by atoms with Gasteiger partial charge in [-0.25, -0.2) is 4.98 Å². The van der Waals surface area contributed by atoms with Crippen LogP contribution in [0.1, 0.15) is 22.3 Å². The van der Waals surface area contributed by atoms with Crippen molar-refractivity contribution in [1.29, 1.82) is 0 Å². The Kier molecular flexibility index (Phi) is 8.93. The number of fused-ring (bicyclic) bond motifs is 3. The molecular weight excluding hydrogens is 776 g/mol. The van der Waals surface area contributed by atoms with Crippen molar-refractivity contribution in [3.05, 3.63) is 120 Å². The zero-order chi connectivity index (χ0) is 33.0. The first-order valence-corrected chi connectivity index (χ1v) is 15.7. The van der Waals surface area contributed by atoms with Crippen LogP contribution >= 0.6 is 0 Å². The van der Waals surface area contributed by atoms with Gasteiger partial charge in [0, 0.05) is 80.1 Å². The second-order valence-corrected chi connectivity index (χ2v) is 12.5. The molecular formula is C40H38N6OPt. The molecule has 0 aliphatic heterocycles. The van der Waals surface area contributed by atoms with Crippen LogP contribution in [-0.4, -0.2) is 47.5 Å². The van der Waals surface area contributed by atoms with Gasteiger partial charge in [-0.2, -0.15) is 17.2 Å². The second-order valence-electron chi connectivity index (χ2n) is 12.5. The molecule has 3 aromatic heterocycles. The molecule has 7 aromatic rings. The molecule has 0 bridgehead atoms. The largest absolute Gasteiger partial charge is 2.00 e. The summed E-state index contributed by atoms with van der Waals surface area (Å²) in [6, 6.07) is 29.3. The van der Waals surface area contributed by atoms with E-state index in [1.165, 1.54) is 33.6 Å². The zero-order valence-corrected chi connectivity index (χ0v) is 30.8. The Balaban J connectivity index is 0.00000401. The van der Waals surface area contributed by atoms with Gasteiger partial charge in [-0.1, -0.05) is 23.7 Å². The first-order chi connectivity index (χ1) is 22.6. The van der Waals surface area contributed by atoms with Crippen molar-refractivity contribution in [3.63, 3.8) is 0 Å². The summed E-state index contributed by atoms with van der Waals surface area (Å²) in [7, 11) is 8.41. The van der Waals surface area contributed by atoms with Gasteiger partial charge < -0.3 is 19.1 Å². The molecule has 7 nitrogen and oxygen atoms in total. The Bertz CT molecular complexity index is 2260. The number of nitrogens with zero attached hydrogens (tertiary/aromatic N) is 6. The van der Waals surface area contributed by atoms with E-state index < -0.39 is 0 Å². The normalized spacial score (nSPS) is 11.2. The van der Waals surface area contributed by atoms with Crippen molar-refractivity contribution in [3.8, 4) is 34.1 Å². The Morgan fingerprint density at radius 3 is 2.15 bits per heavy atom. The molecule has 0 unspecified atom stereocenters. The average molecular weight is 814 g/mol. The van der Waals surface area contributed by atoms with E-state index >= 15 is 0 Å². The molecule has 3 heterocycles. The van der Waals surface area contributed by atoms with Gasteiger partial charge in [0.15, 0.2) is 0 Å². The molecule has 8 heteroatoms. The van der Waals surface area contributed by atoms with E-state index in [9.17, 15) is 0 Å².